The van der Waals surface area contributed by atoms with Crippen molar-refractivity contribution < 1.29 is 4.74 Å². The van der Waals surface area contributed by atoms with E-state index in [1.807, 2.05) is 11.3 Å². The molecule has 1 saturated heterocycles. The molecule has 100 valence electrons. The van der Waals surface area contributed by atoms with Crippen molar-refractivity contribution in [3.8, 4) is 0 Å². The summed E-state index contributed by atoms with van der Waals surface area (Å²) in [6.45, 7) is 2.01. The Morgan fingerprint density at radius 3 is 3.00 bits per heavy atom. The van der Waals surface area contributed by atoms with Crippen molar-refractivity contribution in [1.82, 2.24) is 5.32 Å². The minimum atomic E-state index is 0.320. The van der Waals surface area contributed by atoms with E-state index in [1.165, 1.54) is 28.6 Å². The summed E-state index contributed by atoms with van der Waals surface area (Å²) in [6, 6.07) is 2.27. The van der Waals surface area contributed by atoms with Gasteiger partial charge in [-0.2, -0.15) is 0 Å². The molecule has 4 heteroatoms. The van der Waals surface area contributed by atoms with Gasteiger partial charge in [0.15, 0.2) is 0 Å². The number of hydrogen-bond donors (Lipinski definition) is 1. The predicted octanol–water partition coefficient (Wildman–Crippen LogP) is 3.46. The van der Waals surface area contributed by atoms with Gasteiger partial charge in [0, 0.05) is 33.3 Å². The van der Waals surface area contributed by atoms with Crippen LogP contribution < -0.4 is 5.32 Å². The number of halogens is 1. The summed E-state index contributed by atoms with van der Waals surface area (Å²) in [5, 5.41) is 5.59. The Hall–Kier alpha value is 0.1000. The van der Waals surface area contributed by atoms with Crippen LogP contribution in [0.1, 0.15) is 24.1 Å². The first kappa shape index (κ1) is 13.1. The van der Waals surface area contributed by atoms with Gasteiger partial charge in [-0.15, -0.1) is 11.3 Å². The molecule has 3 rings (SSSR count). The Bertz CT molecular complexity index is 418. The zero-order valence-corrected chi connectivity index (χ0v) is 13.1. The highest BCUT2D eigenvalue weighted by atomic mass is 79.9. The second kappa shape index (κ2) is 5.23. The van der Waals surface area contributed by atoms with E-state index < -0.39 is 0 Å². The Labute approximate surface area is 121 Å². The molecule has 0 bridgehead atoms. The van der Waals surface area contributed by atoms with Crippen LogP contribution in [0.3, 0.4) is 0 Å². The van der Waals surface area contributed by atoms with Crippen LogP contribution in [0.4, 0.5) is 0 Å². The van der Waals surface area contributed by atoms with Crippen LogP contribution in [0.2, 0.25) is 0 Å². The summed E-state index contributed by atoms with van der Waals surface area (Å²) >= 11 is 5.42. The average Bonchev–Trinajstić information content (AvgIpc) is 2.98. The Morgan fingerprint density at radius 1 is 1.56 bits per heavy atom. The van der Waals surface area contributed by atoms with E-state index in [4.69, 9.17) is 4.74 Å². The summed E-state index contributed by atoms with van der Waals surface area (Å²) in [7, 11) is 2.06. The maximum atomic E-state index is 6.08. The third kappa shape index (κ3) is 2.53. The van der Waals surface area contributed by atoms with E-state index in [1.54, 1.807) is 0 Å². The lowest BCUT2D eigenvalue weighted by Gasteiger charge is -2.34. The topological polar surface area (TPSA) is 21.3 Å². The Morgan fingerprint density at radius 2 is 2.39 bits per heavy atom. The van der Waals surface area contributed by atoms with Crippen LogP contribution in [0.25, 0.3) is 0 Å². The third-order valence-corrected chi connectivity index (χ3v) is 5.93. The van der Waals surface area contributed by atoms with Gasteiger partial charge < -0.3 is 10.1 Å². The van der Waals surface area contributed by atoms with Crippen molar-refractivity contribution in [2.45, 2.75) is 31.8 Å². The maximum Gasteiger partial charge on any atom is 0.0675 e. The molecule has 2 nitrogen and oxygen atoms in total. The summed E-state index contributed by atoms with van der Waals surface area (Å²) in [4.78, 5) is 1.48. The molecule has 2 atom stereocenters. The molecular formula is C14H20BrNOS. The Kier molecular flexibility index (Phi) is 3.81. The molecule has 1 N–H and O–H groups in total. The SMILES string of the molecule is CNCC1(Cc2cc(Br)cs2)CCOC1C1CC1. The second-order valence-electron chi connectivity index (χ2n) is 5.68. The number of hydrogen-bond acceptors (Lipinski definition) is 3. The number of ether oxygens (including phenoxy) is 1. The molecule has 2 unspecified atom stereocenters. The first-order valence-corrected chi connectivity index (χ1v) is 8.40. The van der Waals surface area contributed by atoms with Gasteiger partial charge in [0.2, 0.25) is 0 Å². The molecule has 18 heavy (non-hydrogen) atoms. The van der Waals surface area contributed by atoms with E-state index in [0.717, 1.165) is 25.5 Å². The van der Waals surface area contributed by atoms with E-state index in [-0.39, 0.29) is 0 Å². The van der Waals surface area contributed by atoms with E-state index >= 15 is 0 Å². The normalized spacial score (nSPS) is 32.0. The lowest BCUT2D eigenvalue weighted by atomic mass is 9.75. The van der Waals surface area contributed by atoms with Gasteiger partial charge in [0.1, 0.15) is 0 Å². The van der Waals surface area contributed by atoms with Crippen molar-refractivity contribution in [3.63, 3.8) is 0 Å². The fourth-order valence-electron chi connectivity index (χ4n) is 3.33. The molecule has 1 saturated carbocycles. The molecule has 0 radical (unpaired) electrons. The quantitative estimate of drug-likeness (QED) is 0.893. The molecule has 0 aromatic carbocycles. The van der Waals surface area contributed by atoms with Crippen LogP contribution in [-0.4, -0.2) is 26.3 Å². The van der Waals surface area contributed by atoms with Gasteiger partial charge in [0.25, 0.3) is 0 Å². The molecule has 2 heterocycles. The zero-order valence-electron chi connectivity index (χ0n) is 10.7. The molecule has 1 aliphatic heterocycles. The van der Waals surface area contributed by atoms with Gasteiger partial charge in [-0.1, -0.05) is 0 Å². The van der Waals surface area contributed by atoms with E-state index in [0.29, 0.717) is 11.5 Å². The molecule has 0 spiro atoms. The summed E-state index contributed by atoms with van der Waals surface area (Å²) in [5.74, 6) is 0.823. The van der Waals surface area contributed by atoms with E-state index in [2.05, 4.69) is 39.7 Å². The van der Waals surface area contributed by atoms with Crippen molar-refractivity contribution in [3.05, 3.63) is 20.8 Å². The van der Waals surface area contributed by atoms with Crippen LogP contribution >= 0.6 is 27.3 Å². The lowest BCUT2D eigenvalue weighted by molar-refractivity contribution is 0.0318. The average molecular weight is 330 g/mol. The van der Waals surface area contributed by atoms with Crippen molar-refractivity contribution in [2.24, 2.45) is 11.3 Å². The molecule has 0 amide bonds. The van der Waals surface area contributed by atoms with Gasteiger partial charge >= 0.3 is 0 Å². The van der Waals surface area contributed by atoms with Gasteiger partial charge in [0.05, 0.1) is 6.10 Å². The van der Waals surface area contributed by atoms with Crippen molar-refractivity contribution in [1.29, 1.82) is 0 Å². The first-order chi connectivity index (χ1) is 8.73. The summed E-state index contributed by atoms with van der Waals surface area (Å²) < 4.78 is 7.29. The molecule has 1 aliphatic carbocycles. The van der Waals surface area contributed by atoms with Crippen LogP contribution in [-0.2, 0) is 11.2 Å². The van der Waals surface area contributed by atoms with Gasteiger partial charge in [-0.05, 0) is 60.6 Å². The molecule has 1 aromatic heterocycles. The minimum absolute atomic E-state index is 0.320. The second-order valence-corrected chi connectivity index (χ2v) is 7.59. The number of nitrogens with one attached hydrogen (secondary N) is 1. The number of thiophene rings is 1. The smallest absolute Gasteiger partial charge is 0.0675 e. The highest BCUT2D eigenvalue weighted by Crippen LogP contribution is 2.49. The monoisotopic (exact) mass is 329 g/mol. The highest BCUT2D eigenvalue weighted by Gasteiger charge is 2.50. The third-order valence-electron chi connectivity index (χ3n) is 4.23. The minimum Gasteiger partial charge on any atom is -0.377 e. The van der Waals surface area contributed by atoms with Crippen molar-refractivity contribution in [2.75, 3.05) is 20.2 Å². The van der Waals surface area contributed by atoms with E-state index in [9.17, 15) is 0 Å². The van der Waals surface area contributed by atoms with Crippen LogP contribution in [0.15, 0.2) is 15.9 Å². The van der Waals surface area contributed by atoms with Gasteiger partial charge in [-0.3, -0.25) is 0 Å². The van der Waals surface area contributed by atoms with Crippen LogP contribution in [0, 0.1) is 11.3 Å². The van der Waals surface area contributed by atoms with Gasteiger partial charge in [-0.25, -0.2) is 0 Å². The van der Waals surface area contributed by atoms with Crippen molar-refractivity contribution >= 4 is 27.3 Å². The molecule has 2 fully saturated rings. The predicted molar refractivity (Wildman–Crippen MR) is 79.2 cm³/mol. The van der Waals surface area contributed by atoms with Crippen LogP contribution in [0.5, 0.6) is 0 Å². The Balaban J connectivity index is 1.81. The molecular weight excluding hydrogens is 310 g/mol. The summed E-state index contributed by atoms with van der Waals surface area (Å²) in [6.07, 6.45) is 5.57. The fraction of sp³-hybridized carbons (Fsp3) is 0.714. The summed E-state index contributed by atoms with van der Waals surface area (Å²) in [5.41, 5.74) is 0.320. The lowest BCUT2D eigenvalue weighted by Crippen LogP contribution is -2.42. The number of rotatable bonds is 5. The highest BCUT2D eigenvalue weighted by molar-refractivity contribution is 9.10. The fourth-order valence-corrected chi connectivity index (χ4v) is 4.94. The molecule has 2 aliphatic rings. The standard InChI is InChI=1S/C14H20BrNOS/c1-16-9-14(7-12-6-11(15)8-18-12)4-5-17-13(14)10-2-3-10/h6,8,10,13,16H,2-5,7,9H2,1H3. The first-order valence-electron chi connectivity index (χ1n) is 6.73. The zero-order chi connectivity index (χ0) is 12.6. The largest absolute Gasteiger partial charge is 0.377 e. The molecule has 1 aromatic rings. The maximum absolute atomic E-state index is 6.08.